The largest absolute Gasteiger partial charge is 0.468 e. The average Bonchev–Trinajstić information content (AvgIpc) is 2.84. The van der Waals surface area contributed by atoms with E-state index in [9.17, 15) is 4.79 Å². The highest BCUT2D eigenvalue weighted by molar-refractivity contribution is 7.08. The van der Waals surface area contributed by atoms with E-state index in [4.69, 9.17) is 9.26 Å². The first-order valence-electron chi connectivity index (χ1n) is 5.21. The number of hydrogen-bond donors (Lipinski definition) is 0. The van der Waals surface area contributed by atoms with Gasteiger partial charge in [-0.25, -0.2) is 0 Å². The van der Waals surface area contributed by atoms with Crippen LogP contribution < -0.4 is 0 Å². The van der Waals surface area contributed by atoms with E-state index in [2.05, 4.69) is 10.1 Å². The third kappa shape index (κ3) is 1.56. The minimum Gasteiger partial charge on any atom is -0.468 e. The molecule has 3 rings (SSSR count). The van der Waals surface area contributed by atoms with Crippen LogP contribution in [0.5, 0.6) is 0 Å². The fraction of sp³-hybridized carbons (Fsp3) is 0.364. The first kappa shape index (κ1) is 10.5. The quantitative estimate of drug-likeness (QED) is 0.779. The number of rotatable bonds is 3. The van der Waals surface area contributed by atoms with Crippen molar-refractivity contribution in [3.8, 4) is 11.4 Å². The lowest BCUT2D eigenvalue weighted by molar-refractivity contribution is -0.144. The molecule has 0 unspecified atom stereocenters. The van der Waals surface area contributed by atoms with Crippen LogP contribution in [0.1, 0.15) is 18.7 Å². The standard InChI is InChI=1S/C11H10N2O3S/c1-15-10(14)11(3-4-11)9-12-8(13-16-9)7-2-5-17-6-7/h2,5-6H,3-4H2,1H3. The molecular weight excluding hydrogens is 240 g/mol. The van der Waals surface area contributed by atoms with Crippen molar-refractivity contribution in [2.45, 2.75) is 18.3 Å². The highest BCUT2D eigenvalue weighted by atomic mass is 32.1. The zero-order chi connectivity index (χ0) is 11.9. The van der Waals surface area contributed by atoms with Gasteiger partial charge in [-0.2, -0.15) is 16.3 Å². The molecule has 1 fully saturated rings. The molecule has 0 aromatic carbocycles. The lowest BCUT2D eigenvalue weighted by atomic mass is 10.1. The van der Waals surface area contributed by atoms with Crippen molar-refractivity contribution in [1.29, 1.82) is 0 Å². The molecule has 2 aromatic rings. The molecule has 17 heavy (non-hydrogen) atoms. The predicted molar refractivity (Wildman–Crippen MR) is 60.5 cm³/mol. The lowest BCUT2D eigenvalue weighted by Crippen LogP contribution is -2.22. The fourth-order valence-electron chi connectivity index (χ4n) is 1.75. The Bertz CT molecular complexity index is 543. The molecule has 0 radical (unpaired) electrons. The Labute approximate surface area is 101 Å². The summed E-state index contributed by atoms with van der Waals surface area (Å²) in [4.78, 5) is 15.9. The Balaban J connectivity index is 1.94. The number of esters is 1. The van der Waals surface area contributed by atoms with Gasteiger partial charge in [-0.3, -0.25) is 4.79 Å². The monoisotopic (exact) mass is 250 g/mol. The maximum Gasteiger partial charge on any atom is 0.321 e. The maximum atomic E-state index is 11.6. The van der Waals surface area contributed by atoms with Crippen molar-refractivity contribution < 1.29 is 14.1 Å². The second kappa shape index (κ2) is 3.66. The van der Waals surface area contributed by atoms with E-state index in [1.54, 1.807) is 11.3 Å². The summed E-state index contributed by atoms with van der Waals surface area (Å²) in [5, 5.41) is 7.77. The van der Waals surface area contributed by atoms with E-state index < -0.39 is 5.41 Å². The molecule has 1 aliphatic rings. The van der Waals surface area contributed by atoms with Crippen LogP contribution in [-0.4, -0.2) is 23.2 Å². The van der Waals surface area contributed by atoms with Crippen molar-refractivity contribution in [1.82, 2.24) is 10.1 Å². The van der Waals surface area contributed by atoms with Gasteiger partial charge in [-0.1, -0.05) is 5.16 Å². The van der Waals surface area contributed by atoms with Gasteiger partial charge >= 0.3 is 5.97 Å². The molecule has 0 aliphatic heterocycles. The van der Waals surface area contributed by atoms with Crippen molar-refractivity contribution in [2.75, 3.05) is 7.11 Å². The highest BCUT2D eigenvalue weighted by Crippen LogP contribution is 2.48. The number of nitrogens with zero attached hydrogens (tertiary/aromatic N) is 2. The molecule has 1 saturated carbocycles. The summed E-state index contributed by atoms with van der Waals surface area (Å²) in [6.45, 7) is 0. The molecule has 0 saturated heterocycles. The van der Waals surface area contributed by atoms with Crippen molar-refractivity contribution in [3.63, 3.8) is 0 Å². The lowest BCUT2D eigenvalue weighted by Gasteiger charge is -2.05. The SMILES string of the molecule is COC(=O)C1(c2nc(-c3ccsc3)no2)CC1. The topological polar surface area (TPSA) is 65.2 Å². The van der Waals surface area contributed by atoms with Crippen LogP contribution in [0.4, 0.5) is 0 Å². The van der Waals surface area contributed by atoms with Crippen LogP contribution in [0.25, 0.3) is 11.4 Å². The van der Waals surface area contributed by atoms with Gasteiger partial charge in [-0.15, -0.1) is 0 Å². The number of methoxy groups -OCH3 is 1. The van der Waals surface area contributed by atoms with Gasteiger partial charge in [0.25, 0.3) is 0 Å². The minimum atomic E-state index is -0.685. The molecule has 0 spiro atoms. The zero-order valence-corrected chi connectivity index (χ0v) is 9.99. The van der Waals surface area contributed by atoms with Crippen molar-refractivity contribution in [3.05, 3.63) is 22.7 Å². The molecule has 0 N–H and O–H groups in total. The van der Waals surface area contributed by atoms with Crippen LogP contribution in [0.15, 0.2) is 21.3 Å². The first-order valence-corrected chi connectivity index (χ1v) is 6.16. The number of carbonyl (C=O) groups excluding carboxylic acids is 1. The molecule has 6 heteroatoms. The van der Waals surface area contributed by atoms with Gasteiger partial charge in [0.05, 0.1) is 7.11 Å². The molecule has 0 amide bonds. The molecule has 0 bridgehead atoms. The van der Waals surface area contributed by atoms with Gasteiger partial charge in [0.15, 0.2) is 0 Å². The number of hydrogen-bond acceptors (Lipinski definition) is 6. The van der Waals surface area contributed by atoms with Gasteiger partial charge in [-0.05, 0) is 24.3 Å². The number of carbonyl (C=O) groups is 1. The fourth-order valence-corrected chi connectivity index (χ4v) is 2.39. The van der Waals surface area contributed by atoms with Crippen LogP contribution >= 0.6 is 11.3 Å². The van der Waals surface area contributed by atoms with E-state index in [-0.39, 0.29) is 5.97 Å². The van der Waals surface area contributed by atoms with Crippen molar-refractivity contribution >= 4 is 17.3 Å². The van der Waals surface area contributed by atoms with Crippen LogP contribution in [-0.2, 0) is 14.9 Å². The number of ether oxygens (including phenoxy) is 1. The first-order chi connectivity index (χ1) is 8.26. The van der Waals surface area contributed by atoms with Gasteiger partial charge in [0.1, 0.15) is 5.41 Å². The Morgan fingerprint density at radius 2 is 2.41 bits per heavy atom. The normalized spacial score (nSPS) is 16.8. The van der Waals surface area contributed by atoms with E-state index in [1.807, 2.05) is 16.8 Å². The number of thiophene rings is 1. The Morgan fingerprint density at radius 3 is 3.00 bits per heavy atom. The molecule has 88 valence electrons. The third-order valence-corrected chi connectivity index (χ3v) is 3.62. The van der Waals surface area contributed by atoms with Crippen LogP contribution in [0.2, 0.25) is 0 Å². The van der Waals surface area contributed by atoms with Crippen molar-refractivity contribution in [2.24, 2.45) is 0 Å². The summed E-state index contributed by atoms with van der Waals surface area (Å²) in [6, 6.07) is 1.91. The van der Waals surface area contributed by atoms with Gasteiger partial charge in [0.2, 0.25) is 11.7 Å². The molecule has 0 atom stereocenters. The third-order valence-electron chi connectivity index (χ3n) is 2.94. The van der Waals surface area contributed by atoms with Crippen LogP contribution in [0, 0.1) is 0 Å². The van der Waals surface area contributed by atoms with Crippen LogP contribution in [0.3, 0.4) is 0 Å². The maximum absolute atomic E-state index is 11.6. The minimum absolute atomic E-state index is 0.294. The Kier molecular flexibility index (Phi) is 2.25. The molecule has 2 heterocycles. The Hall–Kier alpha value is -1.69. The van der Waals surface area contributed by atoms with E-state index in [0.29, 0.717) is 24.6 Å². The van der Waals surface area contributed by atoms with E-state index in [1.165, 1.54) is 7.11 Å². The summed E-state index contributed by atoms with van der Waals surface area (Å²) in [5.41, 5.74) is 0.224. The highest BCUT2D eigenvalue weighted by Gasteiger charge is 2.57. The molecule has 1 aliphatic carbocycles. The number of aromatic nitrogens is 2. The van der Waals surface area contributed by atoms with E-state index >= 15 is 0 Å². The Morgan fingerprint density at radius 1 is 1.59 bits per heavy atom. The molecule has 5 nitrogen and oxygen atoms in total. The second-order valence-corrected chi connectivity index (χ2v) is 4.79. The molecular formula is C11H10N2O3S. The zero-order valence-electron chi connectivity index (χ0n) is 9.17. The summed E-state index contributed by atoms with van der Waals surface area (Å²) in [5.74, 6) is 0.597. The summed E-state index contributed by atoms with van der Waals surface area (Å²) in [6.07, 6.45) is 1.43. The second-order valence-electron chi connectivity index (χ2n) is 4.01. The van der Waals surface area contributed by atoms with Gasteiger partial charge in [0, 0.05) is 10.9 Å². The van der Waals surface area contributed by atoms with E-state index in [0.717, 1.165) is 5.56 Å². The summed E-state index contributed by atoms with van der Waals surface area (Å²) in [7, 11) is 1.37. The molecule has 2 aromatic heterocycles. The average molecular weight is 250 g/mol. The van der Waals surface area contributed by atoms with Gasteiger partial charge < -0.3 is 9.26 Å². The summed E-state index contributed by atoms with van der Waals surface area (Å²) < 4.78 is 9.95. The summed E-state index contributed by atoms with van der Waals surface area (Å²) >= 11 is 1.56. The smallest absolute Gasteiger partial charge is 0.321 e. The predicted octanol–water partition coefficient (Wildman–Crippen LogP) is 2.00.